The lowest BCUT2D eigenvalue weighted by Crippen LogP contribution is -2.47. The monoisotopic (exact) mass is 342 g/mol. The number of rotatable bonds is 5. The largest absolute Gasteiger partial charge is 0.548 e. The molecule has 1 amide bonds. The molecule has 0 saturated carbocycles. The van der Waals surface area contributed by atoms with E-state index in [-0.39, 0.29) is 11.3 Å². The average Bonchev–Trinajstić information content (AvgIpc) is 3.11. The normalized spacial score (nSPS) is 17.2. The Balaban J connectivity index is 2.11. The Kier molecular flexibility index (Phi) is 4.83. The van der Waals surface area contributed by atoms with Crippen molar-refractivity contribution in [2.45, 2.75) is 45.2 Å². The zero-order valence-corrected chi connectivity index (χ0v) is 14.1. The van der Waals surface area contributed by atoms with Crippen LogP contribution in [0, 0.1) is 0 Å². The van der Waals surface area contributed by atoms with Crippen molar-refractivity contribution in [2.24, 2.45) is 0 Å². The summed E-state index contributed by atoms with van der Waals surface area (Å²) in [6, 6.07) is 5.87. The lowest BCUT2D eigenvalue weighted by atomic mass is 10.1. The maximum Gasteiger partial charge on any atom is 0.275 e. The molecule has 0 N–H and O–H groups in total. The van der Waals surface area contributed by atoms with Gasteiger partial charge in [-0.05, 0) is 25.3 Å². The van der Waals surface area contributed by atoms with Crippen molar-refractivity contribution in [3.8, 4) is 0 Å². The summed E-state index contributed by atoms with van der Waals surface area (Å²) in [6.07, 6.45) is 2.65. The van der Waals surface area contributed by atoms with Crippen molar-refractivity contribution < 1.29 is 14.7 Å². The van der Waals surface area contributed by atoms with E-state index in [0.717, 1.165) is 12.8 Å². The van der Waals surface area contributed by atoms with Gasteiger partial charge in [-0.25, -0.2) is 4.68 Å². The summed E-state index contributed by atoms with van der Waals surface area (Å²) in [5.41, 5.74) is -0.113. The van der Waals surface area contributed by atoms with Crippen LogP contribution in [0.5, 0.6) is 0 Å². The number of amides is 1. The lowest BCUT2D eigenvalue weighted by Gasteiger charge is -2.25. The van der Waals surface area contributed by atoms with E-state index in [2.05, 4.69) is 5.10 Å². The van der Waals surface area contributed by atoms with Crippen LogP contribution in [0.4, 0.5) is 0 Å². The van der Waals surface area contributed by atoms with Crippen LogP contribution in [-0.4, -0.2) is 39.1 Å². The topological polar surface area (TPSA) is 95.3 Å². The third kappa shape index (κ3) is 3.14. The van der Waals surface area contributed by atoms with Crippen molar-refractivity contribution >= 4 is 22.6 Å². The lowest BCUT2D eigenvalue weighted by molar-refractivity contribution is -0.310. The Bertz CT molecular complexity index is 874. The molecular formula is C18H20N3O4-. The van der Waals surface area contributed by atoms with Crippen LogP contribution < -0.4 is 10.7 Å². The van der Waals surface area contributed by atoms with Gasteiger partial charge in [-0.1, -0.05) is 31.5 Å². The minimum absolute atomic E-state index is 0.124. The number of nitrogens with zero attached hydrogens (tertiary/aromatic N) is 3. The van der Waals surface area contributed by atoms with E-state index in [9.17, 15) is 19.5 Å². The van der Waals surface area contributed by atoms with Crippen LogP contribution in [-0.2, 0) is 11.3 Å². The number of unbranched alkanes of at least 4 members (excludes halogenated alkanes) is 1. The molecule has 0 bridgehead atoms. The Hall–Kier alpha value is -2.70. The maximum atomic E-state index is 13.0. The predicted octanol–water partition coefficient (Wildman–Crippen LogP) is 0.551. The third-order valence-electron chi connectivity index (χ3n) is 4.58. The molecule has 1 aliphatic rings. The Morgan fingerprint density at radius 3 is 2.68 bits per heavy atom. The number of hydrogen-bond donors (Lipinski definition) is 0. The molecule has 7 nitrogen and oxygen atoms in total. The zero-order chi connectivity index (χ0) is 18.0. The summed E-state index contributed by atoms with van der Waals surface area (Å²) in [6.45, 7) is 2.78. The molecule has 2 aromatic rings. The van der Waals surface area contributed by atoms with Gasteiger partial charge in [0.15, 0.2) is 5.69 Å². The van der Waals surface area contributed by atoms with E-state index >= 15 is 0 Å². The van der Waals surface area contributed by atoms with Gasteiger partial charge >= 0.3 is 0 Å². The first kappa shape index (κ1) is 17.1. The van der Waals surface area contributed by atoms with Crippen molar-refractivity contribution in [1.82, 2.24) is 14.7 Å². The minimum atomic E-state index is -1.26. The summed E-state index contributed by atoms with van der Waals surface area (Å²) in [4.78, 5) is 38.1. The van der Waals surface area contributed by atoms with Crippen molar-refractivity contribution in [3.05, 3.63) is 40.3 Å². The number of aryl methyl sites for hydroxylation is 1. The third-order valence-corrected chi connectivity index (χ3v) is 4.58. The fourth-order valence-corrected chi connectivity index (χ4v) is 3.24. The van der Waals surface area contributed by atoms with Crippen LogP contribution in [0.25, 0.3) is 10.8 Å². The summed E-state index contributed by atoms with van der Waals surface area (Å²) in [7, 11) is 0. The first-order chi connectivity index (χ1) is 12.0. The molecule has 132 valence electrons. The van der Waals surface area contributed by atoms with E-state index in [1.54, 1.807) is 24.3 Å². The highest BCUT2D eigenvalue weighted by molar-refractivity contribution is 6.05. The molecule has 1 aliphatic heterocycles. The molecule has 1 fully saturated rings. The molecule has 1 aromatic carbocycles. The van der Waals surface area contributed by atoms with E-state index < -0.39 is 17.9 Å². The van der Waals surface area contributed by atoms with Gasteiger partial charge in [-0.3, -0.25) is 9.59 Å². The number of likely N-dealkylation sites (tertiary alicyclic amines) is 1. The molecule has 0 unspecified atom stereocenters. The number of carboxylic acids is 1. The first-order valence-electron chi connectivity index (χ1n) is 8.56. The van der Waals surface area contributed by atoms with Crippen LogP contribution in [0.3, 0.4) is 0 Å². The van der Waals surface area contributed by atoms with Crippen molar-refractivity contribution in [2.75, 3.05) is 6.54 Å². The van der Waals surface area contributed by atoms with Crippen LogP contribution >= 0.6 is 0 Å². The summed E-state index contributed by atoms with van der Waals surface area (Å²) in [5, 5.41) is 16.4. The van der Waals surface area contributed by atoms with Gasteiger partial charge in [0.2, 0.25) is 0 Å². The quantitative estimate of drug-likeness (QED) is 0.791. The summed E-state index contributed by atoms with van der Waals surface area (Å²) in [5.74, 6) is -1.72. The summed E-state index contributed by atoms with van der Waals surface area (Å²) < 4.78 is 1.31. The number of carboxylic acid groups (broad SMARTS) is 1. The van der Waals surface area contributed by atoms with Gasteiger partial charge in [0, 0.05) is 18.5 Å². The molecule has 1 atom stereocenters. The number of fused-ring (bicyclic) bond motifs is 1. The van der Waals surface area contributed by atoms with Crippen LogP contribution in [0.2, 0.25) is 0 Å². The smallest absolute Gasteiger partial charge is 0.275 e. The number of benzene rings is 1. The standard InChI is InChI=1S/C18H21N3O4/c1-2-3-11-21-16(22)13-8-5-4-7-12(13)15(19-21)17(23)20-10-6-9-14(20)18(24)25/h4-5,7-8,14H,2-3,6,9-11H2,1H3,(H,24,25)/p-1/t14-/m0/s1. The van der Waals surface area contributed by atoms with E-state index in [1.165, 1.54) is 9.58 Å². The molecule has 2 heterocycles. The second-order valence-electron chi connectivity index (χ2n) is 6.25. The minimum Gasteiger partial charge on any atom is -0.548 e. The van der Waals surface area contributed by atoms with E-state index in [0.29, 0.717) is 36.7 Å². The first-order valence-corrected chi connectivity index (χ1v) is 8.56. The molecule has 1 saturated heterocycles. The van der Waals surface area contributed by atoms with Gasteiger partial charge in [0.25, 0.3) is 11.5 Å². The van der Waals surface area contributed by atoms with Gasteiger partial charge in [0.1, 0.15) is 0 Å². The Morgan fingerprint density at radius 2 is 2.00 bits per heavy atom. The number of carbonyl (C=O) groups is 2. The predicted molar refractivity (Wildman–Crippen MR) is 90.0 cm³/mol. The molecule has 0 spiro atoms. The highest BCUT2D eigenvalue weighted by Gasteiger charge is 2.32. The van der Waals surface area contributed by atoms with Gasteiger partial charge in [0.05, 0.1) is 17.4 Å². The number of aliphatic carboxylic acids is 1. The highest BCUT2D eigenvalue weighted by Crippen LogP contribution is 2.22. The number of aromatic nitrogens is 2. The van der Waals surface area contributed by atoms with Crippen molar-refractivity contribution in [1.29, 1.82) is 0 Å². The molecule has 0 aliphatic carbocycles. The van der Waals surface area contributed by atoms with Gasteiger partial charge in [-0.15, -0.1) is 0 Å². The van der Waals surface area contributed by atoms with E-state index in [4.69, 9.17) is 0 Å². The molecule has 7 heteroatoms. The molecule has 3 rings (SSSR count). The SMILES string of the molecule is CCCCn1nc(C(=O)N2CCC[C@H]2C(=O)[O-])c2ccccc2c1=O. The molecule has 0 radical (unpaired) electrons. The highest BCUT2D eigenvalue weighted by atomic mass is 16.4. The van der Waals surface area contributed by atoms with Crippen LogP contribution in [0.15, 0.2) is 29.1 Å². The number of carbonyl (C=O) groups excluding carboxylic acids is 2. The number of hydrogen-bond acceptors (Lipinski definition) is 5. The fourth-order valence-electron chi connectivity index (χ4n) is 3.24. The van der Waals surface area contributed by atoms with Gasteiger partial charge in [-0.2, -0.15) is 5.10 Å². The molecule has 25 heavy (non-hydrogen) atoms. The zero-order valence-electron chi connectivity index (χ0n) is 14.1. The Morgan fingerprint density at radius 1 is 1.28 bits per heavy atom. The fraction of sp³-hybridized carbons (Fsp3) is 0.444. The molecular weight excluding hydrogens is 322 g/mol. The second kappa shape index (κ2) is 7.04. The average molecular weight is 342 g/mol. The second-order valence-corrected chi connectivity index (χ2v) is 6.25. The maximum absolute atomic E-state index is 13.0. The molecule has 1 aromatic heterocycles. The summed E-state index contributed by atoms with van der Waals surface area (Å²) >= 11 is 0. The van der Waals surface area contributed by atoms with Crippen molar-refractivity contribution in [3.63, 3.8) is 0 Å². The van der Waals surface area contributed by atoms with E-state index in [1.807, 2.05) is 6.92 Å². The van der Waals surface area contributed by atoms with Gasteiger partial charge < -0.3 is 14.8 Å². The van der Waals surface area contributed by atoms with Crippen LogP contribution in [0.1, 0.15) is 43.1 Å². The Labute approximate surface area is 144 Å².